The summed E-state index contributed by atoms with van der Waals surface area (Å²) in [5.41, 5.74) is -0.937. The number of nitro groups is 2. The molecule has 0 fully saturated rings. The van der Waals surface area contributed by atoms with Crippen LogP contribution in [0.4, 0.5) is 17.1 Å². The van der Waals surface area contributed by atoms with E-state index in [2.05, 4.69) is 16.0 Å². The number of nitrogens with one attached hydrogen (secondary N) is 3. The van der Waals surface area contributed by atoms with Crippen LogP contribution in [-0.4, -0.2) is 52.4 Å². The van der Waals surface area contributed by atoms with Crippen LogP contribution in [-0.2, 0) is 14.4 Å². The summed E-state index contributed by atoms with van der Waals surface area (Å²) in [6.07, 6.45) is -0.139. The number of non-ortho nitro benzene ring substituents is 1. The molecule has 1 rings (SSSR count). The highest BCUT2D eigenvalue weighted by molar-refractivity contribution is 5.86. The molecular formula is C13H15N5O8. The molecule has 0 radical (unpaired) electrons. The first-order valence-corrected chi connectivity index (χ1v) is 7.12. The molecule has 1 aromatic rings. The van der Waals surface area contributed by atoms with Gasteiger partial charge in [0.1, 0.15) is 12.2 Å². The van der Waals surface area contributed by atoms with Gasteiger partial charge in [0.25, 0.3) is 11.4 Å². The molecule has 0 aliphatic heterocycles. The Morgan fingerprint density at radius 1 is 1.00 bits per heavy atom. The first-order valence-electron chi connectivity index (χ1n) is 7.12. The first kappa shape index (κ1) is 20.3. The largest absolute Gasteiger partial charge is 0.480 e. The molecule has 13 nitrogen and oxygen atoms in total. The minimum atomic E-state index is -1.22. The minimum absolute atomic E-state index is 0.00704. The Morgan fingerprint density at radius 3 is 2.23 bits per heavy atom. The van der Waals surface area contributed by atoms with Crippen LogP contribution in [0.5, 0.6) is 0 Å². The zero-order valence-corrected chi connectivity index (χ0v) is 13.3. The smallest absolute Gasteiger partial charge is 0.322 e. The van der Waals surface area contributed by atoms with Crippen LogP contribution in [0.2, 0.25) is 0 Å². The van der Waals surface area contributed by atoms with Crippen molar-refractivity contribution < 1.29 is 29.3 Å². The lowest BCUT2D eigenvalue weighted by atomic mass is 10.2. The van der Waals surface area contributed by atoms with Gasteiger partial charge >= 0.3 is 5.97 Å². The summed E-state index contributed by atoms with van der Waals surface area (Å²) in [6.45, 7) is -1.01. The predicted octanol–water partition coefficient (Wildman–Crippen LogP) is -0.378. The molecule has 0 unspecified atom stereocenters. The van der Waals surface area contributed by atoms with Gasteiger partial charge < -0.3 is 21.1 Å². The van der Waals surface area contributed by atoms with Gasteiger partial charge in [-0.2, -0.15) is 0 Å². The normalized spacial score (nSPS) is 9.85. The van der Waals surface area contributed by atoms with Crippen molar-refractivity contribution in [2.75, 3.05) is 25.0 Å². The second-order valence-electron chi connectivity index (χ2n) is 4.84. The van der Waals surface area contributed by atoms with Gasteiger partial charge in [0, 0.05) is 19.0 Å². The molecule has 0 heterocycles. The summed E-state index contributed by atoms with van der Waals surface area (Å²) in [6, 6.07) is 3.05. The van der Waals surface area contributed by atoms with Crippen LogP contribution in [0, 0.1) is 20.2 Å². The van der Waals surface area contributed by atoms with E-state index in [0.717, 1.165) is 18.2 Å². The summed E-state index contributed by atoms with van der Waals surface area (Å²) in [5.74, 6) is -2.45. The number of anilines is 1. The fourth-order valence-corrected chi connectivity index (χ4v) is 1.75. The highest BCUT2D eigenvalue weighted by atomic mass is 16.6. The number of benzene rings is 1. The van der Waals surface area contributed by atoms with E-state index < -0.39 is 52.1 Å². The standard InChI is InChI=1S/C13H15N5O8/c19-11(15-6-12(20)16-7-13(21)22)3-4-14-9-2-1-8(17(23)24)5-10(9)18(25)26/h1-2,5,14H,3-4,6-7H2,(H,15,19)(H,16,20)(H,21,22). The quantitative estimate of drug-likeness (QED) is 0.314. The molecular weight excluding hydrogens is 354 g/mol. The van der Waals surface area contributed by atoms with E-state index >= 15 is 0 Å². The number of carbonyl (C=O) groups is 3. The van der Waals surface area contributed by atoms with Gasteiger partial charge in [-0.1, -0.05) is 0 Å². The Bertz CT molecular complexity index is 735. The van der Waals surface area contributed by atoms with Crippen molar-refractivity contribution in [2.45, 2.75) is 6.42 Å². The SMILES string of the molecule is O=C(O)CNC(=O)CNC(=O)CCNc1ccc([N+](=O)[O-])cc1[N+](=O)[O-]. The third-order valence-electron chi connectivity index (χ3n) is 2.94. The van der Waals surface area contributed by atoms with Gasteiger partial charge in [-0.25, -0.2) is 0 Å². The Balaban J connectivity index is 2.48. The molecule has 0 bridgehead atoms. The van der Waals surface area contributed by atoms with Gasteiger partial charge in [0.05, 0.1) is 22.5 Å². The van der Waals surface area contributed by atoms with Crippen LogP contribution < -0.4 is 16.0 Å². The second-order valence-corrected chi connectivity index (χ2v) is 4.84. The Kier molecular flexibility index (Phi) is 7.41. The Hall–Kier alpha value is -3.77. The summed E-state index contributed by atoms with van der Waals surface area (Å²) >= 11 is 0. The number of carboxylic acid groups (broad SMARTS) is 1. The van der Waals surface area contributed by atoms with E-state index in [4.69, 9.17) is 5.11 Å². The number of nitro benzene ring substituents is 2. The van der Waals surface area contributed by atoms with Crippen molar-refractivity contribution in [2.24, 2.45) is 0 Å². The highest BCUT2D eigenvalue weighted by Crippen LogP contribution is 2.28. The molecule has 13 heteroatoms. The van der Waals surface area contributed by atoms with Crippen molar-refractivity contribution in [3.8, 4) is 0 Å². The molecule has 0 aromatic heterocycles. The third kappa shape index (κ3) is 6.77. The van der Waals surface area contributed by atoms with Gasteiger partial charge in [-0.05, 0) is 6.07 Å². The molecule has 140 valence electrons. The van der Waals surface area contributed by atoms with Crippen molar-refractivity contribution in [1.82, 2.24) is 10.6 Å². The maximum absolute atomic E-state index is 11.6. The number of carboxylic acids is 1. The maximum Gasteiger partial charge on any atom is 0.322 e. The summed E-state index contributed by atoms with van der Waals surface area (Å²) < 4.78 is 0. The van der Waals surface area contributed by atoms with Crippen LogP contribution in [0.25, 0.3) is 0 Å². The number of carbonyl (C=O) groups excluding carboxylic acids is 2. The maximum atomic E-state index is 11.6. The number of hydrogen-bond acceptors (Lipinski definition) is 8. The fourth-order valence-electron chi connectivity index (χ4n) is 1.75. The van der Waals surface area contributed by atoms with Gasteiger partial charge in [0.2, 0.25) is 11.8 Å². The van der Waals surface area contributed by atoms with Crippen LogP contribution in [0.15, 0.2) is 18.2 Å². The summed E-state index contributed by atoms with van der Waals surface area (Å²) in [4.78, 5) is 53.1. The summed E-state index contributed by atoms with van der Waals surface area (Å²) in [5, 5.41) is 36.9. The lowest BCUT2D eigenvalue weighted by molar-refractivity contribution is -0.393. The van der Waals surface area contributed by atoms with Crippen LogP contribution in [0.3, 0.4) is 0 Å². The molecule has 0 saturated carbocycles. The molecule has 0 spiro atoms. The lowest BCUT2D eigenvalue weighted by Gasteiger charge is -2.08. The van der Waals surface area contributed by atoms with Crippen LogP contribution in [0.1, 0.15) is 6.42 Å². The highest BCUT2D eigenvalue weighted by Gasteiger charge is 2.19. The molecule has 0 aliphatic carbocycles. The van der Waals surface area contributed by atoms with E-state index in [1.807, 2.05) is 0 Å². The summed E-state index contributed by atoms with van der Waals surface area (Å²) in [7, 11) is 0. The monoisotopic (exact) mass is 369 g/mol. The molecule has 0 saturated heterocycles. The van der Waals surface area contributed by atoms with Crippen molar-refractivity contribution in [3.05, 3.63) is 38.4 Å². The van der Waals surface area contributed by atoms with Crippen molar-refractivity contribution in [1.29, 1.82) is 0 Å². The third-order valence-corrected chi connectivity index (χ3v) is 2.94. The number of aliphatic carboxylic acids is 1. The van der Waals surface area contributed by atoms with Gasteiger partial charge in [0.15, 0.2) is 0 Å². The van der Waals surface area contributed by atoms with Gasteiger partial charge in [-0.15, -0.1) is 0 Å². The molecule has 4 N–H and O–H groups in total. The average Bonchev–Trinajstić information content (AvgIpc) is 2.57. The van der Waals surface area contributed by atoms with Crippen molar-refractivity contribution >= 4 is 34.8 Å². The van der Waals surface area contributed by atoms with Crippen molar-refractivity contribution in [3.63, 3.8) is 0 Å². The molecule has 0 aliphatic rings. The zero-order chi connectivity index (χ0) is 19.7. The van der Waals surface area contributed by atoms with E-state index in [0.29, 0.717) is 0 Å². The zero-order valence-electron chi connectivity index (χ0n) is 13.3. The predicted molar refractivity (Wildman–Crippen MR) is 86.5 cm³/mol. The number of amides is 2. The molecule has 26 heavy (non-hydrogen) atoms. The number of rotatable bonds is 10. The minimum Gasteiger partial charge on any atom is -0.480 e. The Labute approximate surface area is 145 Å². The second kappa shape index (κ2) is 9.51. The molecule has 1 aromatic carbocycles. The average molecular weight is 369 g/mol. The van der Waals surface area contributed by atoms with E-state index in [1.54, 1.807) is 0 Å². The molecule has 0 atom stereocenters. The fraction of sp³-hybridized carbons (Fsp3) is 0.308. The number of hydrogen-bond donors (Lipinski definition) is 4. The Morgan fingerprint density at radius 2 is 1.65 bits per heavy atom. The number of nitrogens with zero attached hydrogens (tertiary/aromatic N) is 2. The van der Waals surface area contributed by atoms with E-state index in [1.165, 1.54) is 0 Å². The van der Waals surface area contributed by atoms with E-state index in [-0.39, 0.29) is 18.7 Å². The van der Waals surface area contributed by atoms with Gasteiger partial charge in [-0.3, -0.25) is 34.6 Å². The topological polar surface area (TPSA) is 194 Å². The van der Waals surface area contributed by atoms with Crippen LogP contribution >= 0.6 is 0 Å². The lowest BCUT2D eigenvalue weighted by Crippen LogP contribution is -2.39. The van der Waals surface area contributed by atoms with E-state index in [9.17, 15) is 34.6 Å². The first-order chi connectivity index (χ1) is 12.2. The molecule has 2 amide bonds.